The number of thioether (sulfide) groups is 1. The summed E-state index contributed by atoms with van der Waals surface area (Å²) >= 11 is 3.14. The summed E-state index contributed by atoms with van der Waals surface area (Å²) in [6.07, 6.45) is 0.678. The molecule has 3 aromatic heterocycles. The Morgan fingerprint density at radius 1 is 1.29 bits per heavy atom. The van der Waals surface area contributed by atoms with Crippen LogP contribution in [0.15, 0.2) is 46.8 Å². The van der Waals surface area contributed by atoms with Crippen molar-refractivity contribution in [1.29, 1.82) is 0 Å². The predicted octanol–water partition coefficient (Wildman–Crippen LogP) is 4.77. The molecule has 0 aliphatic carbocycles. The van der Waals surface area contributed by atoms with Gasteiger partial charge in [-0.05, 0) is 43.0 Å². The minimum absolute atomic E-state index is 0.0605. The molecule has 0 bridgehead atoms. The molecular formula is C20H20N4O2S2. The van der Waals surface area contributed by atoms with Crippen LogP contribution in [0.5, 0.6) is 5.75 Å². The van der Waals surface area contributed by atoms with Crippen LogP contribution in [0.4, 0.5) is 5.69 Å². The van der Waals surface area contributed by atoms with Crippen LogP contribution in [0.2, 0.25) is 0 Å². The van der Waals surface area contributed by atoms with E-state index in [9.17, 15) is 4.79 Å². The Morgan fingerprint density at radius 3 is 2.93 bits per heavy atom. The number of nitrogens with one attached hydrogen (secondary N) is 1. The number of aromatic nitrogens is 3. The Bertz CT molecular complexity index is 1150. The molecule has 0 aliphatic rings. The number of methoxy groups -OCH3 is 1. The SMILES string of the molecule is CCC(Sc1nnc(C)n2c1cc1sccc12)C(=O)Nc1cccc(OC)c1. The van der Waals surface area contributed by atoms with Crippen molar-refractivity contribution in [2.45, 2.75) is 30.5 Å². The van der Waals surface area contributed by atoms with Crippen LogP contribution in [-0.4, -0.2) is 32.9 Å². The number of ether oxygens (including phenoxy) is 1. The maximum atomic E-state index is 12.8. The van der Waals surface area contributed by atoms with E-state index in [1.807, 2.05) is 32.0 Å². The highest BCUT2D eigenvalue weighted by molar-refractivity contribution is 8.00. The maximum absolute atomic E-state index is 12.8. The van der Waals surface area contributed by atoms with Crippen molar-refractivity contribution in [2.75, 3.05) is 12.4 Å². The predicted molar refractivity (Wildman–Crippen MR) is 115 cm³/mol. The highest BCUT2D eigenvalue weighted by Gasteiger charge is 2.22. The van der Waals surface area contributed by atoms with Crippen molar-refractivity contribution in [3.63, 3.8) is 0 Å². The molecular weight excluding hydrogens is 392 g/mol. The smallest absolute Gasteiger partial charge is 0.237 e. The first-order valence-electron chi connectivity index (χ1n) is 8.94. The summed E-state index contributed by atoms with van der Waals surface area (Å²) in [5, 5.41) is 14.2. The Labute approximate surface area is 170 Å². The molecule has 0 radical (unpaired) electrons. The molecule has 4 rings (SSSR count). The maximum Gasteiger partial charge on any atom is 0.237 e. The summed E-state index contributed by atoms with van der Waals surface area (Å²) in [5.74, 6) is 1.48. The second kappa shape index (κ2) is 7.81. The number of hydrogen-bond acceptors (Lipinski definition) is 6. The van der Waals surface area contributed by atoms with Gasteiger partial charge in [-0.25, -0.2) is 0 Å². The van der Waals surface area contributed by atoms with Gasteiger partial charge in [-0.3, -0.25) is 9.20 Å². The van der Waals surface area contributed by atoms with Crippen LogP contribution in [0.25, 0.3) is 15.7 Å². The molecule has 0 saturated heterocycles. The monoisotopic (exact) mass is 412 g/mol. The van der Waals surface area contributed by atoms with Gasteiger partial charge in [-0.15, -0.1) is 21.5 Å². The van der Waals surface area contributed by atoms with E-state index >= 15 is 0 Å². The number of aryl methyl sites for hydroxylation is 1. The van der Waals surface area contributed by atoms with Crippen molar-refractivity contribution in [2.24, 2.45) is 0 Å². The molecule has 144 valence electrons. The fourth-order valence-electron chi connectivity index (χ4n) is 3.11. The zero-order valence-corrected chi connectivity index (χ0v) is 17.4. The van der Waals surface area contributed by atoms with E-state index in [0.29, 0.717) is 17.9 Å². The highest BCUT2D eigenvalue weighted by Crippen LogP contribution is 2.33. The standard InChI is InChI=1S/C20H20N4O2S2/c1-4-17(19(25)21-13-6-5-7-14(10-13)26-3)28-20-16-11-18-15(8-9-27-18)24(16)12(2)22-23-20/h5-11,17H,4H2,1-3H3,(H,21,25). The fourth-order valence-corrected chi connectivity index (χ4v) is 4.87. The van der Waals surface area contributed by atoms with Crippen molar-refractivity contribution in [3.05, 3.63) is 47.6 Å². The first kappa shape index (κ1) is 18.8. The molecule has 0 spiro atoms. The Hall–Kier alpha value is -2.58. The molecule has 1 aromatic carbocycles. The van der Waals surface area contributed by atoms with E-state index in [1.165, 1.54) is 16.5 Å². The lowest BCUT2D eigenvalue weighted by molar-refractivity contribution is -0.115. The number of benzene rings is 1. The third-order valence-electron chi connectivity index (χ3n) is 4.51. The van der Waals surface area contributed by atoms with Gasteiger partial charge in [0.05, 0.1) is 28.1 Å². The van der Waals surface area contributed by atoms with Gasteiger partial charge in [0.25, 0.3) is 0 Å². The summed E-state index contributed by atoms with van der Waals surface area (Å²) in [6, 6.07) is 11.6. The van der Waals surface area contributed by atoms with Gasteiger partial charge < -0.3 is 10.1 Å². The van der Waals surface area contributed by atoms with Crippen LogP contribution in [0, 0.1) is 6.92 Å². The van der Waals surface area contributed by atoms with Gasteiger partial charge in [0, 0.05) is 11.8 Å². The number of fused-ring (bicyclic) bond motifs is 3. The lowest BCUT2D eigenvalue weighted by atomic mass is 10.2. The Kier molecular flexibility index (Phi) is 5.23. The van der Waals surface area contributed by atoms with Crippen molar-refractivity contribution < 1.29 is 9.53 Å². The summed E-state index contributed by atoms with van der Waals surface area (Å²) in [6.45, 7) is 3.94. The topological polar surface area (TPSA) is 68.5 Å². The second-order valence-electron chi connectivity index (χ2n) is 6.32. The third kappa shape index (κ3) is 3.45. The molecule has 8 heteroatoms. The van der Waals surface area contributed by atoms with Crippen LogP contribution in [0.3, 0.4) is 0 Å². The molecule has 4 aromatic rings. The van der Waals surface area contributed by atoms with Crippen molar-refractivity contribution >= 4 is 50.4 Å². The van der Waals surface area contributed by atoms with E-state index < -0.39 is 0 Å². The van der Waals surface area contributed by atoms with Crippen molar-refractivity contribution in [1.82, 2.24) is 14.6 Å². The molecule has 6 nitrogen and oxygen atoms in total. The van der Waals surface area contributed by atoms with E-state index in [2.05, 4.69) is 37.4 Å². The quantitative estimate of drug-likeness (QED) is 0.462. The van der Waals surface area contributed by atoms with Crippen LogP contribution >= 0.6 is 23.1 Å². The summed E-state index contributed by atoms with van der Waals surface area (Å²) in [7, 11) is 1.61. The lowest BCUT2D eigenvalue weighted by Gasteiger charge is -2.15. The number of carbonyl (C=O) groups excluding carboxylic acids is 1. The van der Waals surface area contributed by atoms with Crippen molar-refractivity contribution in [3.8, 4) is 5.75 Å². The van der Waals surface area contributed by atoms with E-state index in [1.54, 1.807) is 24.5 Å². The van der Waals surface area contributed by atoms with Gasteiger partial charge in [0.15, 0.2) is 0 Å². The number of amides is 1. The molecule has 0 aliphatic heterocycles. The number of hydrogen-bond donors (Lipinski definition) is 1. The molecule has 0 fully saturated rings. The molecule has 1 amide bonds. The second-order valence-corrected chi connectivity index (χ2v) is 8.46. The lowest BCUT2D eigenvalue weighted by Crippen LogP contribution is -2.24. The van der Waals surface area contributed by atoms with E-state index in [-0.39, 0.29) is 11.2 Å². The first-order chi connectivity index (χ1) is 13.6. The van der Waals surface area contributed by atoms with E-state index in [0.717, 1.165) is 21.9 Å². The average molecular weight is 413 g/mol. The number of thiophene rings is 1. The summed E-state index contributed by atoms with van der Waals surface area (Å²) < 4.78 is 8.52. The summed E-state index contributed by atoms with van der Waals surface area (Å²) in [4.78, 5) is 12.8. The van der Waals surface area contributed by atoms with Crippen LogP contribution < -0.4 is 10.1 Å². The molecule has 28 heavy (non-hydrogen) atoms. The zero-order chi connectivity index (χ0) is 19.7. The normalized spacial score (nSPS) is 12.4. The Balaban J connectivity index is 1.61. The van der Waals surface area contributed by atoms with E-state index in [4.69, 9.17) is 4.74 Å². The van der Waals surface area contributed by atoms with Crippen LogP contribution in [-0.2, 0) is 4.79 Å². The number of nitrogens with zero attached hydrogens (tertiary/aromatic N) is 3. The largest absolute Gasteiger partial charge is 0.497 e. The van der Waals surface area contributed by atoms with Gasteiger partial charge in [0.1, 0.15) is 16.6 Å². The first-order valence-corrected chi connectivity index (χ1v) is 10.7. The third-order valence-corrected chi connectivity index (χ3v) is 6.70. The number of rotatable bonds is 6. The highest BCUT2D eigenvalue weighted by atomic mass is 32.2. The molecule has 3 heterocycles. The number of anilines is 1. The molecule has 0 saturated carbocycles. The van der Waals surface area contributed by atoms with Crippen LogP contribution in [0.1, 0.15) is 19.2 Å². The molecule has 1 unspecified atom stereocenters. The minimum Gasteiger partial charge on any atom is -0.497 e. The van der Waals surface area contributed by atoms with Gasteiger partial charge in [-0.1, -0.05) is 24.8 Å². The minimum atomic E-state index is -0.278. The Morgan fingerprint density at radius 2 is 2.14 bits per heavy atom. The molecule has 1 atom stereocenters. The average Bonchev–Trinajstić information content (AvgIpc) is 3.29. The fraction of sp³-hybridized carbons (Fsp3) is 0.250. The molecule has 1 N–H and O–H groups in total. The van der Waals surface area contributed by atoms with Gasteiger partial charge >= 0.3 is 0 Å². The zero-order valence-electron chi connectivity index (χ0n) is 15.8. The van der Waals surface area contributed by atoms with Gasteiger partial charge in [0.2, 0.25) is 5.91 Å². The number of carbonyl (C=O) groups is 1. The van der Waals surface area contributed by atoms with Gasteiger partial charge in [-0.2, -0.15) is 0 Å². The summed E-state index contributed by atoms with van der Waals surface area (Å²) in [5.41, 5.74) is 2.84.